The molecule has 0 spiro atoms. The average molecular weight is 339 g/mol. The van der Waals surface area contributed by atoms with Crippen molar-refractivity contribution in [2.24, 2.45) is 0 Å². The zero-order valence-corrected chi connectivity index (χ0v) is 14.8. The topological polar surface area (TPSA) is 63.9 Å². The molecule has 0 radical (unpaired) electrons. The number of hydrogen-bond donors (Lipinski definition) is 0. The van der Waals surface area contributed by atoms with Crippen molar-refractivity contribution in [2.45, 2.75) is 58.0 Å². The second-order valence-corrected chi connectivity index (χ2v) is 7.13. The quantitative estimate of drug-likeness (QED) is 0.851. The van der Waals surface area contributed by atoms with E-state index >= 15 is 0 Å². The fraction of sp³-hybridized carbons (Fsp3) is 0.579. The van der Waals surface area contributed by atoms with Crippen molar-refractivity contribution < 1.29 is 0 Å². The maximum Gasteiger partial charge on any atom is 0.273 e. The Bertz CT molecular complexity index is 798. The molecule has 0 aromatic carbocycles. The Labute approximate surface area is 148 Å². The second kappa shape index (κ2) is 7.04. The van der Waals surface area contributed by atoms with Crippen LogP contribution in [0.15, 0.2) is 23.3 Å². The molecule has 2 aliphatic rings. The number of fused-ring (bicyclic) bond motifs is 1. The van der Waals surface area contributed by atoms with E-state index in [0.29, 0.717) is 5.92 Å². The first-order valence-electron chi connectivity index (χ1n) is 9.35. The Morgan fingerprint density at radius 2 is 2.04 bits per heavy atom. The minimum absolute atomic E-state index is 0.0798. The molecule has 2 aromatic heterocycles. The maximum absolute atomic E-state index is 12.0. The first-order valence-corrected chi connectivity index (χ1v) is 9.35. The molecule has 4 rings (SSSR count). The van der Waals surface area contributed by atoms with Gasteiger partial charge in [0.25, 0.3) is 5.56 Å². The van der Waals surface area contributed by atoms with Crippen LogP contribution in [0.1, 0.15) is 55.0 Å². The summed E-state index contributed by atoms with van der Waals surface area (Å²) in [7, 11) is 0. The zero-order chi connectivity index (χ0) is 17.2. The summed E-state index contributed by atoms with van der Waals surface area (Å²) in [6.07, 6.45) is 9.10. The van der Waals surface area contributed by atoms with Gasteiger partial charge in [-0.2, -0.15) is 4.98 Å². The Balaban J connectivity index is 1.50. The second-order valence-electron chi connectivity index (χ2n) is 7.13. The van der Waals surface area contributed by atoms with E-state index in [-0.39, 0.29) is 5.56 Å². The maximum atomic E-state index is 12.0. The van der Waals surface area contributed by atoms with Gasteiger partial charge in [0.1, 0.15) is 11.6 Å². The standard InChI is InChI=1S/C19H25N5O/c1-2-17-20-10-14(11-21-17)12-23-7-3-5-15(13-23)16-9-19(25)22-18-6-4-8-24(16)18/h9-11,15H,2-8,12-13H2,1H3. The summed E-state index contributed by atoms with van der Waals surface area (Å²) in [5.74, 6) is 2.28. The Morgan fingerprint density at radius 3 is 2.84 bits per heavy atom. The number of rotatable bonds is 4. The van der Waals surface area contributed by atoms with Crippen molar-refractivity contribution in [1.82, 2.24) is 24.4 Å². The van der Waals surface area contributed by atoms with Crippen LogP contribution in [0.5, 0.6) is 0 Å². The largest absolute Gasteiger partial charge is 0.333 e. The molecule has 25 heavy (non-hydrogen) atoms. The van der Waals surface area contributed by atoms with E-state index in [2.05, 4.69) is 31.3 Å². The summed E-state index contributed by atoms with van der Waals surface area (Å²) in [6, 6.07) is 1.77. The molecular weight excluding hydrogens is 314 g/mol. The highest BCUT2D eigenvalue weighted by atomic mass is 16.1. The highest BCUT2D eigenvalue weighted by Gasteiger charge is 2.26. The fourth-order valence-corrected chi connectivity index (χ4v) is 4.10. The van der Waals surface area contributed by atoms with E-state index < -0.39 is 0 Å². The van der Waals surface area contributed by atoms with E-state index in [4.69, 9.17) is 0 Å². The van der Waals surface area contributed by atoms with Crippen LogP contribution in [-0.4, -0.2) is 37.5 Å². The van der Waals surface area contributed by atoms with Crippen molar-refractivity contribution in [3.8, 4) is 0 Å². The Hall–Kier alpha value is -2.08. The molecular formula is C19H25N5O. The van der Waals surface area contributed by atoms with Gasteiger partial charge in [-0.1, -0.05) is 6.92 Å². The van der Waals surface area contributed by atoms with Gasteiger partial charge in [-0.05, 0) is 25.8 Å². The number of nitrogens with zero attached hydrogens (tertiary/aromatic N) is 5. The molecule has 0 saturated carbocycles. The van der Waals surface area contributed by atoms with Gasteiger partial charge in [0.15, 0.2) is 0 Å². The first-order chi connectivity index (χ1) is 12.2. The summed E-state index contributed by atoms with van der Waals surface area (Å²) in [5, 5.41) is 0. The predicted molar refractivity (Wildman–Crippen MR) is 95.5 cm³/mol. The van der Waals surface area contributed by atoms with Crippen molar-refractivity contribution in [1.29, 1.82) is 0 Å². The van der Waals surface area contributed by atoms with Crippen molar-refractivity contribution in [3.05, 3.63) is 51.7 Å². The summed E-state index contributed by atoms with van der Waals surface area (Å²) in [6.45, 7) is 6.02. The van der Waals surface area contributed by atoms with Crippen molar-refractivity contribution in [3.63, 3.8) is 0 Å². The van der Waals surface area contributed by atoms with Gasteiger partial charge in [-0.25, -0.2) is 9.97 Å². The van der Waals surface area contributed by atoms with Gasteiger partial charge in [0.05, 0.1) is 0 Å². The van der Waals surface area contributed by atoms with Crippen LogP contribution in [0.2, 0.25) is 0 Å². The van der Waals surface area contributed by atoms with Gasteiger partial charge in [0, 0.05) is 68.1 Å². The molecule has 0 bridgehead atoms. The van der Waals surface area contributed by atoms with E-state index in [9.17, 15) is 4.79 Å². The van der Waals surface area contributed by atoms with Crippen LogP contribution in [0.3, 0.4) is 0 Å². The Morgan fingerprint density at radius 1 is 1.20 bits per heavy atom. The molecule has 2 aromatic rings. The third-order valence-electron chi connectivity index (χ3n) is 5.32. The molecule has 6 heteroatoms. The zero-order valence-electron chi connectivity index (χ0n) is 14.8. The normalized spacial score (nSPS) is 20.6. The molecule has 0 amide bonds. The van der Waals surface area contributed by atoms with E-state index in [0.717, 1.165) is 75.5 Å². The van der Waals surface area contributed by atoms with Crippen LogP contribution in [0, 0.1) is 0 Å². The average Bonchev–Trinajstić information content (AvgIpc) is 3.10. The highest BCUT2D eigenvalue weighted by molar-refractivity contribution is 5.16. The molecule has 1 unspecified atom stereocenters. The molecule has 4 heterocycles. The monoisotopic (exact) mass is 339 g/mol. The lowest BCUT2D eigenvalue weighted by Gasteiger charge is -2.33. The third kappa shape index (κ3) is 3.49. The molecule has 0 aliphatic carbocycles. The number of piperidine rings is 1. The van der Waals surface area contributed by atoms with Crippen LogP contribution in [-0.2, 0) is 25.9 Å². The van der Waals surface area contributed by atoms with Crippen LogP contribution >= 0.6 is 0 Å². The third-order valence-corrected chi connectivity index (χ3v) is 5.32. The number of hydrogen-bond acceptors (Lipinski definition) is 5. The van der Waals surface area contributed by atoms with Crippen LogP contribution in [0.4, 0.5) is 0 Å². The van der Waals surface area contributed by atoms with Gasteiger partial charge in [-0.15, -0.1) is 0 Å². The fourth-order valence-electron chi connectivity index (χ4n) is 4.10. The van der Waals surface area contributed by atoms with Gasteiger partial charge < -0.3 is 4.57 Å². The molecule has 6 nitrogen and oxygen atoms in total. The molecule has 132 valence electrons. The molecule has 0 N–H and O–H groups in total. The van der Waals surface area contributed by atoms with Gasteiger partial charge >= 0.3 is 0 Å². The number of likely N-dealkylation sites (tertiary alicyclic amines) is 1. The smallest absolute Gasteiger partial charge is 0.273 e. The van der Waals surface area contributed by atoms with E-state index in [1.54, 1.807) is 6.07 Å². The summed E-state index contributed by atoms with van der Waals surface area (Å²) < 4.78 is 2.29. The van der Waals surface area contributed by atoms with Crippen LogP contribution < -0.4 is 5.56 Å². The highest BCUT2D eigenvalue weighted by Crippen LogP contribution is 2.29. The number of aromatic nitrogens is 4. The predicted octanol–water partition coefficient (Wildman–Crippen LogP) is 1.92. The van der Waals surface area contributed by atoms with Crippen molar-refractivity contribution in [2.75, 3.05) is 13.1 Å². The lowest BCUT2D eigenvalue weighted by molar-refractivity contribution is 0.196. The minimum Gasteiger partial charge on any atom is -0.333 e. The minimum atomic E-state index is -0.0798. The SMILES string of the molecule is CCc1ncc(CN2CCCC(c3cc(=O)nc4n3CCC4)C2)cn1. The van der Waals surface area contributed by atoms with E-state index in [1.165, 1.54) is 5.69 Å². The van der Waals surface area contributed by atoms with E-state index in [1.807, 2.05) is 12.4 Å². The molecule has 2 aliphatic heterocycles. The molecule has 1 atom stereocenters. The Kier molecular flexibility index (Phi) is 4.61. The van der Waals surface area contributed by atoms with Gasteiger partial charge in [-0.3, -0.25) is 9.69 Å². The molecule has 1 fully saturated rings. The lowest BCUT2D eigenvalue weighted by atomic mass is 9.94. The first kappa shape index (κ1) is 16.4. The lowest BCUT2D eigenvalue weighted by Crippen LogP contribution is -2.35. The summed E-state index contributed by atoms with van der Waals surface area (Å²) in [4.78, 5) is 27.4. The van der Waals surface area contributed by atoms with Crippen molar-refractivity contribution >= 4 is 0 Å². The van der Waals surface area contributed by atoms with Crippen LogP contribution in [0.25, 0.3) is 0 Å². The molecule has 1 saturated heterocycles. The summed E-state index contributed by atoms with van der Waals surface area (Å²) in [5.41, 5.74) is 2.27. The van der Waals surface area contributed by atoms with Gasteiger partial charge in [0.2, 0.25) is 0 Å². The summed E-state index contributed by atoms with van der Waals surface area (Å²) >= 11 is 0. The number of aryl methyl sites for hydroxylation is 2.